The van der Waals surface area contributed by atoms with E-state index in [2.05, 4.69) is 33.4 Å². The van der Waals surface area contributed by atoms with E-state index in [-0.39, 0.29) is 0 Å². The Morgan fingerprint density at radius 2 is 1.07 bits per heavy atom. The van der Waals surface area contributed by atoms with Crippen LogP contribution in [-0.2, 0) is 0 Å². The van der Waals surface area contributed by atoms with Crippen molar-refractivity contribution in [3.8, 4) is 0 Å². The zero-order valence-corrected chi connectivity index (χ0v) is 8.67. The van der Waals surface area contributed by atoms with Gasteiger partial charge in [-0.05, 0) is 37.0 Å². The van der Waals surface area contributed by atoms with E-state index in [1.807, 2.05) is 0 Å². The van der Waals surface area contributed by atoms with Crippen molar-refractivity contribution in [1.82, 2.24) is 0 Å². The second-order valence-electron chi connectivity index (χ2n) is 2.37. The minimum atomic E-state index is -3.70. The predicted octanol–water partition coefficient (Wildman–Crippen LogP) is 3.49. The van der Waals surface area contributed by atoms with Gasteiger partial charge < -0.3 is 0 Å². The van der Waals surface area contributed by atoms with E-state index in [0.29, 0.717) is 0 Å². The minimum absolute atomic E-state index is 0.857. The lowest BCUT2D eigenvalue weighted by Crippen LogP contribution is -2.20. The van der Waals surface area contributed by atoms with Gasteiger partial charge in [0.15, 0.2) is 0 Å². The van der Waals surface area contributed by atoms with Crippen LogP contribution < -0.4 is 0 Å². The minimum Gasteiger partial charge on any atom is -0.182 e. The third-order valence-electron chi connectivity index (χ3n) is 1.17. The second kappa shape index (κ2) is 4.44. The van der Waals surface area contributed by atoms with Crippen LogP contribution in [0.3, 0.4) is 0 Å². The van der Waals surface area contributed by atoms with Crippen molar-refractivity contribution in [2.24, 2.45) is 10.2 Å². The molecule has 0 fully saturated rings. The second-order valence-corrected chi connectivity index (χ2v) is 3.32. The fraction of sp³-hybridized carbons (Fsp3) is 0.667. The SMILES string of the molecule is CC(=NN=C(C)C(F)(F)Cl)C(F)(F)Cl. The third kappa shape index (κ3) is 4.76. The number of alkyl halides is 6. The first-order chi connectivity index (χ1) is 6.05. The Balaban J connectivity index is 4.73. The summed E-state index contributed by atoms with van der Waals surface area (Å²) >= 11 is 9.05. The van der Waals surface area contributed by atoms with Gasteiger partial charge in [-0.15, -0.1) is 0 Å². The molecule has 0 radical (unpaired) electrons. The Morgan fingerprint density at radius 1 is 0.857 bits per heavy atom. The summed E-state index contributed by atoms with van der Waals surface area (Å²) in [5.74, 6) is 0. The number of rotatable bonds is 3. The first-order valence-electron chi connectivity index (χ1n) is 3.28. The van der Waals surface area contributed by atoms with Gasteiger partial charge in [0.25, 0.3) is 0 Å². The lowest BCUT2D eigenvalue weighted by molar-refractivity contribution is 0.172. The first kappa shape index (κ1) is 13.6. The normalized spacial score (nSPS) is 16.0. The molecule has 0 amide bonds. The number of nitrogens with zero attached hydrogens (tertiary/aromatic N) is 2. The summed E-state index contributed by atoms with van der Waals surface area (Å²) < 4.78 is 48.8. The highest BCUT2D eigenvalue weighted by molar-refractivity contribution is 6.34. The number of hydrogen-bond donors (Lipinski definition) is 0. The van der Waals surface area contributed by atoms with Gasteiger partial charge in [-0.3, -0.25) is 0 Å². The average molecular weight is 253 g/mol. The molecule has 0 aromatic heterocycles. The molecule has 2 nitrogen and oxygen atoms in total. The third-order valence-corrected chi connectivity index (χ3v) is 1.72. The van der Waals surface area contributed by atoms with Crippen molar-refractivity contribution in [2.45, 2.75) is 24.6 Å². The van der Waals surface area contributed by atoms with Crippen LogP contribution in [-0.4, -0.2) is 22.2 Å². The molecule has 0 aliphatic rings. The molecule has 0 aromatic rings. The summed E-state index contributed by atoms with van der Waals surface area (Å²) in [7, 11) is 0. The van der Waals surface area contributed by atoms with Gasteiger partial charge in [0.2, 0.25) is 0 Å². The Morgan fingerprint density at radius 3 is 1.21 bits per heavy atom. The molecular weight excluding hydrogens is 247 g/mol. The summed E-state index contributed by atoms with van der Waals surface area (Å²) in [5, 5.41) is -1.77. The zero-order chi connectivity index (χ0) is 11.6. The van der Waals surface area contributed by atoms with Crippen LogP contribution in [0.5, 0.6) is 0 Å². The molecule has 0 saturated carbocycles. The summed E-state index contributed by atoms with van der Waals surface area (Å²) in [4.78, 5) is 0. The zero-order valence-electron chi connectivity index (χ0n) is 7.16. The van der Waals surface area contributed by atoms with Crippen LogP contribution in [0, 0.1) is 0 Å². The lowest BCUT2D eigenvalue weighted by atomic mass is 10.4. The van der Waals surface area contributed by atoms with Crippen molar-refractivity contribution >= 4 is 34.6 Å². The molecular formula is C6H6Cl2F4N2. The quantitative estimate of drug-likeness (QED) is 0.318. The molecule has 8 heteroatoms. The monoisotopic (exact) mass is 252 g/mol. The van der Waals surface area contributed by atoms with E-state index in [1.54, 1.807) is 0 Å². The van der Waals surface area contributed by atoms with Gasteiger partial charge in [-0.2, -0.15) is 27.8 Å². The molecule has 0 saturated heterocycles. The number of halogens is 6. The molecule has 0 aliphatic carbocycles. The highest BCUT2D eigenvalue weighted by Gasteiger charge is 2.31. The van der Waals surface area contributed by atoms with E-state index >= 15 is 0 Å². The Labute approximate surface area is 87.6 Å². The molecule has 0 N–H and O–H groups in total. The van der Waals surface area contributed by atoms with Gasteiger partial charge in [0.1, 0.15) is 11.4 Å². The largest absolute Gasteiger partial charge is 0.362 e. The Kier molecular flexibility index (Phi) is 4.33. The van der Waals surface area contributed by atoms with Gasteiger partial charge in [0, 0.05) is 0 Å². The van der Waals surface area contributed by atoms with Gasteiger partial charge in [-0.1, -0.05) is 0 Å². The topological polar surface area (TPSA) is 24.7 Å². The van der Waals surface area contributed by atoms with Crippen molar-refractivity contribution < 1.29 is 17.6 Å². The number of hydrogen-bond acceptors (Lipinski definition) is 2. The van der Waals surface area contributed by atoms with Crippen LogP contribution in [0.2, 0.25) is 0 Å². The Bertz CT molecular complexity index is 236. The highest BCUT2D eigenvalue weighted by Crippen LogP contribution is 2.23. The van der Waals surface area contributed by atoms with Crippen molar-refractivity contribution in [3.05, 3.63) is 0 Å². The average Bonchev–Trinajstić information content (AvgIpc) is 1.95. The Hall–Kier alpha value is -0.360. The fourth-order valence-electron chi connectivity index (χ4n) is 0.263. The van der Waals surface area contributed by atoms with Crippen molar-refractivity contribution in [1.29, 1.82) is 0 Å². The van der Waals surface area contributed by atoms with Crippen molar-refractivity contribution in [3.63, 3.8) is 0 Å². The van der Waals surface area contributed by atoms with Crippen LogP contribution in [0.4, 0.5) is 17.6 Å². The van der Waals surface area contributed by atoms with E-state index in [9.17, 15) is 17.6 Å². The molecule has 0 aliphatic heterocycles. The first-order valence-corrected chi connectivity index (χ1v) is 4.04. The smallest absolute Gasteiger partial charge is 0.182 e. The summed E-state index contributed by atoms with van der Waals surface area (Å²) in [6.07, 6.45) is 0. The standard InChI is InChI=1S/C6H6Cl2F4N2/c1-3(5(7,9)10)13-14-4(2)6(8,11)12/h1-2H3. The molecule has 14 heavy (non-hydrogen) atoms. The molecule has 0 bridgehead atoms. The molecule has 0 aromatic carbocycles. The molecule has 0 heterocycles. The van der Waals surface area contributed by atoms with Gasteiger partial charge in [0.05, 0.1) is 0 Å². The summed E-state index contributed by atoms with van der Waals surface area (Å²) in [5.41, 5.74) is -1.78. The van der Waals surface area contributed by atoms with E-state index < -0.39 is 22.2 Å². The molecule has 0 spiro atoms. The highest BCUT2D eigenvalue weighted by atomic mass is 35.5. The van der Waals surface area contributed by atoms with Crippen molar-refractivity contribution in [2.75, 3.05) is 0 Å². The molecule has 0 atom stereocenters. The van der Waals surface area contributed by atoms with Crippen LogP contribution in [0.15, 0.2) is 10.2 Å². The summed E-state index contributed by atoms with van der Waals surface area (Å²) in [6.45, 7) is 1.71. The van der Waals surface area contributed by atoms with E-state index in [1.165, 1.54) is 0 Å². The van der Waals surface area contributed by atoms with Gasteiger partial charge in [-0.25, -0.2) is 0 Å². The van der Waals surface area contributed by atoms with Crippen LogP contribution in [0.25, 0.3) is 0 Å². The maximum absolute atomic E-state index is 12.2. The molecule has 82 valence electrons. The molecule has 0 rings (SSSR count). The predicted molar refractivity (Wildman–Crippen MR) is 47.8 cm³/mol. The van der Waals surface area contributed by atoms with E-state index in [4.69, 9.17) is 0 Å². The van der Waals surface area contributed by atoms with Gasteiger partial charge >= 0.3 is 10.8 Å². The summed E-state index contributed by atoms with van der Waals surface area (Å²) in [6, 6.07) is 0. The fourth-order valence-corrected chi connectivity index (χ4v) is 0.339. The maximum atomic E-state index is 12.2. The lowest BCUT2D eigenvalue weighted by Gasteiger charge is -2.06. The molecule has 0 unspecified atom stereocenters. The maximum Gasteiger partial charge on any atom is 0.362 e. The van der Waals surface area contributed by atoms with Crippen LogP contribution in [0.1, 0.15) is 13.8 Å². The van der Waals surface area contributed by atoms with E-state index in [0.717, 1.165) is 13.8 Å². The van der Waals surface area contributed by atoms with Crippen LogP contribution >= 0.6 is 23.2 Å².